The summed E-state index contributed by atoms with van der Waals surface area (Å²) in [5, 5.41) is 3.29. The highest BCUT2D eigenvalue weighted by Gasteiger charge is 2.37. The van der Waals surface area contributed by atoms with Crippen LogP contribution in [0.25, 0.3) is 0 Å². The van der Waals surface area contributed by atoms with Gasteiger partial charge in [-0.3, -0.25) is 0 Å². The Morgan fingerprint density at radius 3 is 2.39 bits per heavy atom. The van der Waals surface area contributed by atoms with E-state index < -0.39 is 11.7 Å². The number of methoxy groups -OCH3 is 1. The lowest BCUT2D eigenvalue weighted by molar-refractivity contribution is -0.138. The van der Waals surface area contributed by atoms with Crippen LogP contribution in [0.2, 0.25) is 0 Å². The Balaban J connectivity index is 0.00000192. The summed E-state index contributed by atoms with van der Waals surface area (Å²) in [7, 11) is 1.27. The molecule has 1 aliphatic carbocycles. The number of hydrogen-bond acceptors (Lipinski definition) is 3. The van der Waals surface area contributed by atoms with Crippen LogP contribution in [0.3, 0.4) is 0 Å². The first-order valence-electron chi connectivity index (χ1n) is 7.65. The van der Waals surface area contributed by atoms with E-state index in [2.05, 4.69) is 5.32 Å². The number of hydrogen-bond donors (Lipinski definition) is 1. The van der Waals surface area contributed by atoms with Gasteiger partial charge in [0.25, 0.3) is 0 Å². The van der Waals surface area contributed by atoms with Crippen molar-refractivity contribution in [2.24, 2.45) is 0 Å². The Kier molecular flexibility index (Phi) is 5.68. The van der Waals surface area contributed by atoms with E-state index in [1.165, 1.54) is 13.2 Å². The Labute approximate surface area is 139 Å². The second-order valence-electron chi connectivity index (χ2n) is 5.95. The molecule has 1 saturated carbocycles. The quantitative estimate of drug-likeness (QED) is 0.884. The van der Waals surface area contributed by atoms with Gasteiger partial charge in [-0.05, 0) is 44.4 Å². The van der Waals surface area contributed by atoms with Gasteiger partial charge in [0, 0.05) is 18.0 Å². The van der Waals surface area contributed by atoms with Crippen LogP contribution in [-0.2, 0) is 6.18 Å². The zero-order chi connectivity index (χ0) is 15.7. The number of benzene rings is 1. The van der Waals surface area contributed by atoms with Gasteiger partial charge in [-0.25, -0.2) is 0 Å². The third kappa shape index (κ3) is 4.23. The van der Waals surface area contributed by atoms with Gasteiger partial charge in [0.2, 0.25) is 0 Å². The van der Waals surface area contributed by atoms with Crippen LogP contribution in [-0.4, -0.2) is 26.3 Å². The average molecular weight is 352 g/mol. The molecule has 1 saturated heterocycles. The lowest BCUT2D eigenvalue weighted by atomic mass is 9.90. The SMILES string of the molecule is COc1cc([C@H]2CCCNC2)c(OC2CC2)cc1C(F)(F)F.Cl. The molecule has 0 radical (unpaired) electrons. The van der Waals surface area contributed by atoms with E-state index in [0.29, 0.717) is 5.75 Å². The molecular weight excluding hydrogens is 331 g/mol. The Hall–Kier alpha value is -1.14. The van der Waals surface area contributed by atoms with Gasteiger partial charge in [-0.2, -0.15) is 13.2 Å². The average Bonchev–Trinajstić information content (AvgIpc) is 3.31. The minimum Gasteiger partial charge on any atom is -0.496 e. The maximum absolute atomic E-state index is 13.2. The molecule has 2 aliphatic rings. The first-order chi connectivity index (χ1) is 10.5. The monoisotopic (exact) mass is 351 g/mol. The van der Waals surface area contributed by atoms with Gasteiger partial charge in [-0.1, -0.05) is 0 Å². The van der Waals surface area contributed by atoms with Crippen LogP contribution in [0.5, 0.6) is 11.5 Å². The first kappa shape index (κ1) is 18.2. The van der Waals surface area contributed by atoms with Crippen molar-refractivity contribution in [1.29, 1.82) is 0 Å². The predicted molar refractivity (Wildman–Crippen MR) is 83.7 cm³/mol. The molecule has 1 heterocycles. The molecule has 1 aliphatic heterocycles. The van der Waals surface area contributed by atoms with E-state index in [-0.39, 0.29) is 30.2 Å². The minimum absolute atomic E-state index is 0. The maximum atomic E-state index is 13.2. The van der Waals surface area contributed by atoms with Crippen LogP contribution >= 0.6 is 12.4 Å². The molecule has 1 N–H and O–H groups in total. The molecule has 0 unspecified atom stereocenters. The van der Waals surface area contributed by atoms with Gasteiger partial charge < -0.3 is 14.8 Å². The van der Waals surface area contributed by atoms with Gasteiger partial charge >= 0.3 is 6.18 Å². The Morgan fingerprint density at radius 1 is 1.13 bits per heavy atom. The van der Waals surface area contributed by atoms with E-state index >= 15 is 0 Å². The summed E-state index contributed by atoms with van der Waals surface area (Å²) in [6.45, 7) is 1.71. The number of halogens is 4. The standard InChI is InChI=1S/C16H20F3NO2.ClH/c1-21-15-7-12(10-3-2-6-20-9-10)14(22-11-4-5-11)8-13(15)16(17,18)19;/h7-8,10-11,20H,2-6,9H2,1H3;1H/t10-;/m0./s1. The van der Waals surface area contributed by atoms with E-state index in [9.17, 15) is 13.2 Å². The van der Waals surface area contributed by atoms with Gasteiger partial charge in [0.15, 0.2) is 0 Å². The summed E-state index contributed by atoms with van der Waals surface area (Å²) in [6.07, 6.45) is -0.605. The molecular formula is C16H21ClF3NO2. The van der Waals surface area contributed by atoms with Crippen molar-refractivity contribution < 1.29 is 22.6 Å². The summed E-state index contributed by atoms with van der Waals surface area (Å²) < 4.78 is 50.3. The number of nitrogens with one attached hydrogen (secondary N) is 1. The van der Waals surface area contributed by atoms with E-state index in [1.54, 1.807) is 0 Å². The summed E-state index contributed by atoms with van der Waals surface area (Å²) in [6, 6.07) is 2.62. The lowest BCUT2D eigenvalue weighted by Crippen LogP contribution is -2.28. The molecule has 3 rings (SSSR count). The smallest absolute Gasteiger partial charge is 0.420 e. The molecule has 1 aromatic rings. The predicted octanol–water partition coefficient (Wildman–Crippen LogP) is 4.14. The highest BCUT2D eigenvalue weighted by atomic mass is 35.5. The van der Waals surface area contributed by atoms with Crippen LogP contribution < -0.4 is 14.8 Å². The number of alkyl halides is 3. The van der Waals surface area contributed by atoms with Crippen molar-refractivity contribution in [3.63, 3.8) is 0 Å². The zero-order valence-corrected chi connectivity index (χ0v) is 13.7. The van der Waals surface area contributed by atoms with Crippen molar-refractivity contribution in [3.05, 3.63) is 23.3 Å². The highest BCUT2D eigenvalue weighted by Crippen LogP contribution is 2.44. The van der Waals surface area contributed by atoms with Crippen molar-refractivity contribution in [2.45, 2.75) is 43.9 Å². The van der Waals surface area contributed by atoms with E-state index in [4.69, 9.17) is 9.47 Å². The van der Waals surface area contributed by atoms with Crippen molar-refractivity contribution in [2.75, 3.05) is 20.2 Å². The summed E-state index contributed by atoms with van der Waals surface area (Å²) in [5.41, 5.74) is 0.0575. The van der Waals surface area contributed by atoms with Crippen molar-refractivity contribution >= 4 is 12.4 Å². The van der Waals surface area contributed by atoms with Gasteiger partial charge in [0.1, 0.15) is 17.1 Å². The van der Waals surface area contributed by atoms with Gasteiger partial charge in [-0.15, -0.1) is 12.4 Å². The third-order valence-corrected chi connectivity index (χ3v) is 4.19. The zero-order valence-electron chi connectivity index (χ0n) is 12.9. The number of rotatable bonds is 4. The molecule has 0 bridgehead atoms. The molecule has 2 fully saturated rings. The van der Waals surface area contributed by atoms with Crippen LogP contribution in [0.4, 0.5) is 13.2 Å². The summed E-state index contributed by atoms with van der Waals surface area (Å²) in [4.78, 5) is 0. The topological polar surface area (TPSA) is 30.5 Å². The number of piperidine rings is 1. The Bertz CT molecular complexity index is 541. The second kappa shape index (κ2) is 7.18. The molecule has 1 aromatic carbocycles. The molecule has 0 spiro atoms. The summed E-state index contributed by atoms with van der Waals surface area (Å²) in [5.74, 6) is 0.402. The first-order valence-corrected chi connectivity index (χ1v) is 7.65. The van der Waals surface area contributed by atoms with E-state index in [1.807, 2.05) is 0 Å². The molecule has 0 amide bonds. The van der Waals surface area contributed by atoms with E-state index in [0.717, 1.165) is 50.4 Å². The Morgan fingerprint density at radius 2 is 1.87 bits per heavy atom. The van der Waals surface area contributed by atoms with Gasteiger partial charge in [0.05, 0.1) is 13.2 Å². The molecule has 0 aromatic heterocycles. The second-order valence-corrected chi connectivity index (χ2v) is 5.95. The fourth-order valence-electron chi connectivity index (χ4n) is 2.87. The lowest BCUT2D eigenvalue weighted by Gasteiger charge is -2.26. The maximum Gasteiger partial charge on any atom is 0.420 e. The molecule has 7 heteroatoms. The summed E-state index contributed by atoms with van der Waals surface area (Å²) >= 11 is 0. The fraction of sp³-hybridized carbons (Fsp3) is 0.625. The molecule has 23 heavy (non-hydrogen) atoms. The van der Waals surface area contributed by atoms with Crippen LogP contribution in [0.1, 0.15) is 42.7 Å². The minimum atomic E-state index is -4.45. The fourth-order valence-corrected chi connectivity index (χ4v) is 2.87. The molecule has 130 valence electrons. The third-order valence-electron chi connectivity index (χ3n) is 4.19. The van der Waals surface area contributed by atoms with Crippen LogP contribution in [0.15, 0.2) is 12.1 Å². The van der Waals surface area contributed by atoms with Crippen LogP contribution in [0, 0.1) is 0 Å². The molecule has 1 atom stereocenters. The number of ether oxygens (including phenoxy) is 2. The molecule has 3 nitrogen and oxygen atoms in total. The largest absolute Gasteiger partial charge is 0.496 e. The van der Waals surface area contributed by atoms with Crippen molar-refractivity contribution in [3.8, 4) is 11.5 Å². The van der Waals surface area contributed by atoms with Crippen molar-refractivity contribution in [1.82, 2.24) is 5.32 Å². The normalized spacial score (nSPS) is 21.5. The highest BCUT2D eigenvalue weighted by molar-refractivity contribution is 5.85.